The lowest BCUT2D eigenvalue weighted by molar-refractivity contribution is -0.124. The number of hydrogen-bond acceptors (Lipinski definition) is 4. The van der Waals surface area contributed by atoms with Crippen molar-refractivity contribution in [3.63, 3.8) is 0 Å². The summed E-state index contributed by atoms with van der Waals surface area (Å²) in [5.41, 5.74) is 2.79. The summed E-state index contributed by atoms with van der Waals surface area (Å²) in [4.78, 5) is 16.3. The van der Waals surface area contributed by atoms with Gasteiger partial charge in [0.05, 0.1) is 17.6 Å². The third-order valence-electron chi connectivity index (χ3n) is 3.64. The maximum absolute atomic E-state index is 12.0. The minimum absolute atomic E-state index is 0.105. The van der Waals surface area contributed by atoms with Crippen LogP contribution < -0.4 is 10.6 Å². The minimum Gasteiger partial charge on any atom is -0.368 e. The summed E-state index contributed by atoms with van der Waals surface area (Å²) in [5.74, 6) is 0.607. The lowest BCUT2D eigenvalue weighted by Crippen LogP contribution is -2.26. The maximum atomic E-state index is 12.0. The number of hydrogen-bond donors (Lipinski definition) is 2. The highest BCUT2D eigenvalue weighted by molar-refractivity contribution is 9.10. The Bertz CT molecular complexity index is 697. The first-order valence-electron chi connectivity index (χ1n) is 7.53. The van der Waals surface area contributed by atoms with Crippen LogP contribution in [0.1, 0.15) is 18.4 Å². The summed E-state index contributed by atoms with van der Waals surface area (Å²) in [5, 5.41) is 6.07. The van der Waals surface area contributed by atoms with Gasteiger partial charge in [0.2, 0.25) is 0 Å². The second kappa shape index (κ2) is 7.10. The molecule has 3 rings (SSSR count). The minimum atomic E-state index is -0.337. The fourth-order valence-electron chi connectivity index (χ4n) is 2.41. The number of carbonyl (C=O) groups excluding carboxylic acids is 1. The second-order valence-corrected chi connectivity index (χ2v) is 6.39. The number of aromatic nitrogens is 1. The highest BCUT2D eigenvalue weighted by Gasteiger charge is 2.23. The summed E-state index contributed by atoms with van der Waals surface area (Å²) < 4.78 is 6.34. The van der Waals surface area contributed by atoms with Crippen LogP contribution in [0.2, 0.25) is 0 Å². The molecule has 1 aliphatic heterocycles. The number of nitrogens with zero attached hydrogens (tertiary/aromatic N) is 1. The van der Waals surface area contributed by atoms with E-state index in [0.717, 1.165) is 23.0 Å². The number of anilines is 3. The first kappa shape index (κ1) is 16.0. The van der Waals surface area contributed by atoms with Crippen molar-refractivity contribution in [2.75, 3.05) is 17.2 Å². The fraction of sp³-hybridized carbons (Fsp3) is 0.294. The molecule has 1 atom stereocenters. The number of halogens is 1. The summed E-state index contributed by atoms with van der Waals surface area (Å²) in [6.07, 6.45) is 3.01. The first-order valence-corrected chi connectivity index (χ1v) is 8.33. The van der Waals surface area contributed by atoms with Crippen molar-refractivity contribution in [3.05, 3.63) is 46.6 Å². The van der Waals surface area contributed by atoms with E-state index in [0.29, 0.717) is 18.1 Å². The number of pyridine rings is 1. The van der Waals surface area contributed by atoms with E-state index in [4.69, 9.17) is 4.74 Å². The van der Waals surface area contributed by atoms with Gasteiger partial charge in [-0.15, -0.1) is 0 Å². The Kier molecular flexibility index (Phi) is 4.93. The molecule has 2 heterocycles. The largest absolute Gasteiger partial charge is 0.368 e. The van der Waals surface area contributed by atoms with Crippen molar-refractivity contribution in [2.45, 2.75) is 25.9 Å². The van der Waals surface area contributed by atoms with Gasteiger partial charge in [0.25, 0.3) is 5.91 Å². The van der Waals surface area contributed by atoms with Crippen LogP contribution in [-0.2, 0) is 9.53 Å². The van der Waals surface area contributed by atoms with Crippen LogP contribution in [0.4, 0.5) is 17.2 Å². The topological polar surface area (TPSA) is 63.2 Å². The number of aryl methyl sites for hydroxylation is 1. The molecule has 23 heavy (non-hydrogen) atoms. The van der Waals surface area contributed by atoms with Crippen LogP contribution in [0.25, 0.3) is 0 Å². The van der Waals surface area contributed by atoms with Gasteiger partial charge in [-0.25, -0.2) is 4.98 Å². The molecule has 5 nitrogen and oxygen atoms in total. The highest BCUT2D eigenvalue weighted by atomic mass is 79.9. The van der Waals surface area contributed by atoms with Gasteiger partial charge in [-0.3, -0.25) is 4.79 Å². The number of amides is 1. The van der Waals surface area contributed by atoms with Crippen LogP contribution in [0.5, 0.6) is 0 Å². The molecule has 0 radical (unpaired) electrons. The first-order chi connectivity index (χ1) is 11.1. The zero-order valence-corrected chi connectivity index (χ0v) is 14.4. The average molecular weight is 376 g/mol. The predicted octanol–water partition coefficient (Wildman–Crippen LogP) is 4.01. The zero-order chi connectivity index (χ0) is 16.2. The summed E-state index contributed by atoms with van der Waals surface area (Å²) in [6, 6.07) is 9.72. The van der Waals surface area contributed by atoms with Crippen molar-refractivity contribution in [2.24, 2.45) is 0 Å². The monoisotopic (exact) mass is 375 g/mol. The Morgan fingerprint density at radius 2 is 2.22 bits per heavy atom. The molecule has 1 amide bonds. The second-order valence-electron chi connectivity index (χ2n) is 5.53. The zero-order valence-electron chi connectivity index (χ0n) is 12.8. The molecule has 120 valence electrons. The van der Waals surface area contributed by atoms with Crippen molar-refractivity contribution in [1.82, 2.24) is 4.98 Å². The van der Waals surface area contributed by atoms with Gasteiger partial charge in [-0.2, -0.15) is 0 Å². The van der Waals surface area contributed by atoms with Gasteiger partial charge < -0.3 is 15.4 Å². The van der Waals surface area contributed by atoms with Crippen molar-refractivity contribution in [1.29, 1.82) is 0 Å². The Morgan fingerprint density at radius 3 is 2.87 bits per heavy atom. The van der Waals surface area contributed by atoms with E-state index in [1.54, 1.807) is 6.20 Å². The predicted molar refractivity (Wildman–Crippen MR) is 94.0 cm³/mol. The van der Waals surface area contributed by atoms with E-state index in [1.165, 1.54) is 5.56 Å². The summed E-state index contributed by atoms with van der Waals surface area (Å²) in [7, 11) is 0. The van der Waals surface area contributed by atoms with Gasteiger partial charge >= 0.3 is 0 Å². The molecule has 0 aliphatic carbocycles. The summed E-state index contributed by atoms with van der Waals surface area (Å²) in [6.45, 7) is 2.70. The number of rotatable bonds is 4. The van der Waals surface area contributed by atoms with E-state index >= 15 is 0 Å². The van der Waals surface area contributed by atoms with Gasteiger partial charge in [-0.1, -0.05) is 6.07 Å². The van der Waals surface area contributed by atoms with Gasteiger partial charge in [0.1, 0.15) is 11.9 Å². The Balaban J connectivity index is 1.63. The highest BCUT2D eigenvalue weighted by Crippen LogP contribution is 2.26. The number of carbonyl (C=O) groups is 1. The molecule has 0 spiro atoms. The molecule has 0 saturated carbocycles. The lowest BCUT2D eigenvalue weighted by Gasteiger charge is -2.11. The number of nitrogens with one attached hydrogen (secondary N) is 2. The number of ether oxygens (including phenoxy) is 1. The van der Waals surface area contributed by atoms with Crippen LogP contribution >= 0.6 is 15.9 Å². The van der Waals surface area contributed by atoms with Crippen LogP contribution in [0, 0.1) is 6.92 Å². The average Bonchev–Trinajstić information content (AvgIpc) is 3.06. The van der Waals surface area contributed by atoms with Crippen LogP contribution in [-0.4, -0.2) is 23.6 Å². The third kappa shape index (κ3) is 4.09. The van der Waals surface area contributed by atoms with E-state index in [1.807, 2.05) is 37.3 Å². The molecular formula is C17H18BrN3O2. The van der Waals surface area contributed by atoms with Crippen LogP contribution in [0.15, 0.2) is 41.0 Å². The molecule has 2 N–H and O–H groups in total. The Hall–Kier alpha value is -1.92. The molecule has 1 aromatic carbocycles. The smallest absolute Gasteiger partial charge is 0.253 e. The number of benzene rings is 1. The molecule has 2 aromatic rings. The van der Waals surface area contributed by atoms with E-state index in [2.05, 4.69) is 31.5 Å². The van der Waals surface area contributed by atoms with Crippen molar-refractivity contribution >= 4 is 39.0 Å². The van der Waals surface area contributed by atoms with Gasteiger partial charge in [-0.05, 0) is 65.5 Å². The maximum Gasteiger partial charge on any atom is 0.253 e. The van der Waals surface area contributed by atoms with E-state index in [9.17, 15) is 4.79 Å². The molecular weight excluding hydrogens is 358 g/mol. The quantitative estimate of drug-likeness (QED) is 0.846. The SMILES string of the molecule is Cc1ccc(Nc2ccc(NC(=O)C3CCCO3)cn2)c(Br)c1. The third-order valence-corrected chi connectivity index (χ3v) is 4.30. The van der Waals surface area contributed by atoms with Crippen molar-refractivity contribution < 1.29 is 9.53 Å². The standard InChI is InChI=1S/C17H18BrN3O2/c1-11-4-6-14(13(18)9-11)21-16-7-5-12(10-19-16)20-17(22)15-3-2-8-23-15/h4-7,9-10,15H,2-3,8H2,1H3,(H,19,21)(H,20,22). The molecule has 1 fully saturated rings. The molecule has 1 aliphatic rings. The van der Waals surface area contributed by atoms with Gasteiger partial charge in [0, 0.05) is 11.1 Å². The van der Waals surface area contributed by atoms with Crippen LogP contribution in [0.3, 0.4) is 0 Å². The van der Waals surface area contributed by atoms with E-state index in [-0.39, 0.29) is 12.0 Å². The molecule has 1 saturated heterocycles. The van der Waals surface area contributed by atoms with E-state index < -0.39 is 0 Å². The summed E-state index contributed by atoms with van der Waals surface area (Å²) >= 11 is 3.53. The molecule has 1 unspecified atom stereocenters. The Morgan fingerprint density at radius 1 is 1.35 bits per heavy atom. The van der Waals surface area contributed by atoms with Gasteiger partial charge in [0.15, 0.2) is 0 Å². The Labute approximate surface area is 143 Å². The van der Waals surface area contributed by atoms with Crippen molar-refractivity contribution in [3.8, 4) is 0 Å². The molecule has 1 aromatic heterocycles. The lowest BCUT2D eigenvalue weighted by atomic mass is 10.2. The molecule has 6 heteroatoms. The fourth-order valence-corrected chi connectivity index (χ4v) is 3.00. The normalized spacial score (nSPS) is 17.0. The molecule has 0 bridgehead atoms.